The van der Waals surface area contributed by atoms with Crippen LogP contribution in [0.1, 0.15) is 14.9 Å². The Bertz CT molecular complexity index is 445. The highest BCUT2D eigenvalue weighted by molar-refractivity contribution is 7.99. The van der Waals surface area contributed by atoms with Crippen LogP contribution in [0.25, 0.3) is 0 Å². The van der Waals surface area contributed by atoms with Crippen LogP contribution in [-0.4, -0.2) is 122 Å². The Hall–Kier alpha value is 0.330. The summed E-state index contributed by atoms with van der Waals surface area (Å²) >= 11 is 2.06. The minimum Gasteiger partial charge on any atom is -0.305 e. The third-order valence-electron chi connectivity index (χ3n) is 4.20. The summed E-state index contributed by atoms with van der Waals surface area (Å²) in [6, 6.07) is 0. The van der Waals surface area contributed by atoms with Gasteiger partial charge in [0.15, 0.2) is 9.84 Å². The van der Waals surface area contributed by atoms with Crippen LogP contribution in [0.4, 0.5) is 0 Å². The normalized spacial score (nSPS) is 24.6. The van der Waals surface area contributed by atoms with Crippen LogP contribution in [0.3, 0.4) is 0 Å². The van der Waals surface area contributed by atoms with Crippen molar-refractivity contribution in [2.45, 2.75) is 14.9 Å². The Kier molecular flexibility index (Phi) is 16.8. The molecule has 3 heterocycles. The summed E-state index contributed by atoms with van der Waals surface area (Å²) in [5, 5.41) is 0. The number of thioether (sulfide) groups is 1. The standard InChI is InChI=1S/C5H11NO2S.C5H11NOS.C5H11NS.2CH4/c1-6-2-4-9(7,8)5-3-6;1-6-2-4-8(7)5-3-6;1-6-2-4-7-5-3-6;;/h2-5H2,1H3;2-5H2,1H3;2-5H2,1H3;2*1H4. The number of hydrogen-bond donors (Lipinski definition) is 0. The maximum Gasteiger partial charge on any atom is 0.152 e. The van der Waals surface area contributed by atoms with E-state index in [1.807, 2.05) is 11.9 Å². The van der Waals surface area contributed by atoms with Crippen molar-refractivity contribution in [1.82, 2.24) is 14.7 Å². The predicted molar refractivity (Wildman–Crippen MR) is 120 cm³/mol. The first kappa shape index (κ1) is 28.5. The van der Waals surface area contributed by atoms with Crippen LogP contribution in [0.15, 0.2) is 0 Å². The smallest absolute Gasteiger partial charge is 0.152 e. The van der Waals surface area contributed by atoms with E-state index in [-0.39, 0.29) is 14.9 Å². The Balaban J connectivity index is 0. The van der Waals surface area contributed by atoms with Crippen molar-refractivity contribution in [1.29, 1.82) is 0 Å². The van der Waals surface area contributed by atoms with Crippen molar-refractivity contribution >= 4 is 32.4 Å². The van der Waals surface area contributed by atoms with E-state index in [1.165, 1.54) is 24.6 Å². The van der Waals surface area contributed by atoms with Gasteiger partial charge in [0.2, 0.25) is 0 Å². The van der Waals surface area contributed by atoms with Gasteiger partial charge in [-0.3, -0.25) is 4.21 Å². The van der Waals surface area contributed by atoms with Gasteiger partial charge >= 0.3 is 0 Å². The molecule has 0 saturated carbocycles. The lowest BCUT2D eigenvalue weighted by Gasteiger charge is -2.21. The zero-order chi connectivity index (χ0) is 18.0. The van der Waals surface area contributed by atoms with E-state index in [2.05, 4.69) is 35.7 Å². The Morgan fingerprint density at radius 2 is 1.12 bits per heavy atom. The molecule has 6 nitrogen and oxygen atoms in total. The molecule has 0 radical (unpaired) electrons. The molecule has 3 aliphatic heterocycles. The molecule has 3 fully saturated rings. The molecular weight excluding hydrogens is 390 g/mol. The van der Waals surface area contributed by atoms with Crippen molar-refractivity contribution in [2.75, 3.05) is 94.9 Å². The lowest BCUT2D eigenvalue weighted by atomic mass is 10.6. The van der Waals surface area contributed by atoms with Gasteiger partial charge in [0.25, 0.3) is 0 Å². The maximum atomic E-state index is 10.8. The number of nitrogens with zero attached hydrogens (tertiary/aromatic N) is 3. The highest BCUT2D eigenvalue weighted by Crippen LogP contribution is 2.05. The minimum atomic E-state index is -2.66. The van der Waals surface area contributed by atoms with Crippen LogP contribution >= 0.6 is 11.8 Å². The average molecular weight is 432 g/mol. The molecule has 0 amide bonds. The number of hydrogen-bond acceptors (Lipinski definition) is 7. The molecule has 3 aliphatic rings. The zero-order valence-corrected chi connectivity index (χ0v) is 17.7. The highest BCUT2D eigenvalue weighted by Gasteiger charge is 2.18. The first-order chi connectivity index (χ1) is 11.3. The second kappa shape index (κ2) is 15.3. The van der Waals surface area contributed by atoms with Crippen molar-refractivity contribution < 1.29 is 12.6 Å². The highest BCUT2D eigenvalue weighted by atomic mass is 32.2. The molecular formula is C17H41N3O3S3. The van der Waals surface area contributed by atoms with E-state index in [0.717, 1.165) is 24.6 Å². The van der Waals surface area contributed by atoms with Gasteiger partial charge in [-0.25, -0.2) is 8.42 Å². The van der Waals surface area contributed by atoms with Gasteiger partial charge in [-0.2, -0.15) is 11.8 Å². The molecule has 26 heavy (non-hydrogen) atoms. The molecule has 0 spiro atoms. The van der Waals surface area contributed by atoms with Crippen LogP contribution < -0.4 is 0 Å². The van der Waals surface area contributed by atoms with Gasteiger partial charge in [0.1, 0.15) is 0 Å². The molecule has 0 atom stereocenters. The van der Waals surface area contributed by atoms with Gasteiger partial charge in [-0.1, -0.05) is 14.9 Å². The van der Waals surface area contributed by atoms with Gasteiger partial charge < -0.3 is 14.7 Å². The summed E-state index contributed by atoms with van der Waals surface area (Å²) < 4.78 is 32.2. The lowest BCUT2D eigenvalue weighted by Crippen LogP contribution is -2.37. The first-order valence-electron chi connectivity index (χ1n) is 8.47. The van der Waals surface area contributed by atoms with Crippen molar-refractivity contribution in [3.8, 4) is 0 Å². The molecule has 0 bridgehead atoms. The van der Waals surface area contributed by atoms with E-state index in [0.29, 0.717) is 24.6 Å². The zero-order valence-electron chi connectivity index (χ0n) is 15.3. The molecule has 0 unspecified atom stereocenters. The Labute approximate surface area is 169 Å². The van der Waals surface area contributed by atoms with Gasteiger partial charge in [-0.05, 0) is 21.1 Å². The molecule has 0 aromatic rings. The van der Waals surface area contributed by atoms with Gasteiger partial charge in [-0.15, -0.1) is 0 Å². The quantitative estimate of drug-likeness (QED) is 0.566. The van der Waals surface area contributed by atoms with Gasteiger partial charge in [0.05, 0.1) is 11.5 Å². The second-order valence-corrected chi connectivity index (χ2v) is 11.7. The third kappa shape index (κ3) is 14.4. The maximum absolute atomic E-state index is 10.8. The summed E-state index contributed by atoms with van der Waals surface area (Å²) in [5.74, 6) is 5.08. The van der Waals surface area contributed by atoms with E-state index < -0.39 is 20.6 Å². The van der Waals surface area contributed by atoms with Crippen LogP contribution in [0.5, 0.6) is 0 Å². The fraction of sp³-hybridized carbons (Fsp3) is 1.00. The summed E-state index contributed by atoms with van der Waals surface area (Å²) in [4.78, 5) is 6.61. The van der Waals surface area contributed by atoms with E-state index in [9.17, 15) is 12.6 Å². The minimum absolute atomic E-state index is 0. The third-order valence-corrected chi connectivity index (χ3v) is 8.03. The van der Waals surface area contributed by atoms with Crippen molar-refractivity contribution in [3.63, 3.8) is 0 Å². The van der Waals surface area contributed by atoms with Crippen LogP contribution in [0, 0.1) is 0 Å². The van der Waals surface area contributed by atoms with Crippen LogP contribution in [-0.2, 0) is 20.6 Å². The fourth-order valence-corrected chi connectivity index (χ4v) is 5.89. The van der Waals surface area contributed by atoms with Crippen molar-refractivity contribution in [3.05, 3.63) is 0 Å². The number of rotatable bonds is 0. The predicted octanol–water partition coefficient (Wildman–Crippen LogP) is 0.964. The Morgan fingerprint density at radius 1 is 0.731 bits per heavy atom. The molecule has 0 N–H and O–H groups in total. The molecule has 3 saturated heterocycles. The summed E-state index contributed by atoms with van der Waals surface area (Å²) in [5.41, 5.74) is 0. The summed E-state index contributed by atoms with van der Waals surface area (Å²) in [6.07, 6.45) is 0. The van der Waals surface area contributed by atoms with Crippen LogP contribution in [0.2, 0.25) is 0 Å². The lowest BCUT2D eigenvalue weighted by molar-refractivity contribution is 0.360. The monoisotopic (exact) mass is 431 g/mol. The molecule has 0 aliphatic carbocycles. The van der Waals surface area contributed by atoms with E-state index in [1.54, 1.807) is 0 Å². The largest absolute Gasteiger partial charge is 0.305 e. The summed E-state index contributed by atoms with van der Waals surface area (Å²) in [7, 11) is 3.03. The first-order valence-corrected chi connectivity index (χ1v) is 12.9. The van der Waals surface area contributed by atoms with E-state index in [4.69, 9.17) is 0 Å². The van der Waals surface area contributed by atoms with E-state index >= 15 is 0 Å². The topological polar surface area (TPSA) is 60.9 Å². The SMILES string of the molecule is C.C.CN1CCS(=O)(=O)CC1.CN1CCS(=O)CC1.CN1CCSCC1. The molecule has 0 aromatic carbocycles. The average Bonchev–Trinajstić information content (AvgIpc) is 2.55. The molecule has 0 aromatic heterocycles. The Morgan fingerprint density at radius 3 is 1.42 bits per heavy atom. The fourth-order valence-electron chi connectivity index (χ4n) is 2.19. The summed E-state index contributed by atoms with van der Waals surface area (Å²) in [6.45, 7) is 5.97. The molecule has 160 valence electrons. The molecule has 3 rings (SSSR count). The second-order valence-electron chi connectivity index (χ2n) is 6.52. The number of sulfone groups is 1. The van der Waals surface area contributed by atoms with Crippen molar-refractivity contribution in [2.24, 2.45) is 0 Å². The molecule has 9 heteroatoms. The van der Waals surface area contributed by atoms with Gasteiger partial charge in [0, 0.05) is 73.1 Å².